The summed E-state index contributed by atoms with van der Waals surface area (Å²) >= 11 is 0. The van der Waals surface area contributed by atoms with Gasteiger partial charge in [0.1, 0.15) is 6.04 Å². The lowest BCUT2D eigenvalue weighted by atomic mass is 9.83. The molecule has 2 heterocycles. The standard InChI is InChI=1S/C31H38N4O2/c1-21(32-2)30(36)34-29(23-11-4-3-5-12-23)31(37)35-17-9-16-28(35)25-18-24(19-33-20-25)27-15-8-13-22-10-6-7-14-26(22)27/h6-8,10,13-15,18-21,23,28-29,32H,3-5,9,11-12,16-17H2,1-2H3,(H,34,36)/t21?,28?,29-/m0/s1. The number of hydrogen-bond donors (Lipinski definition) is 2. The van der Waals surface area contributed by atoms with Crippen LogP contribution in [0.2, 0.25) is 0 Å². The molecule has 1 aliphatic heterocycles. The number of hydrogen-bond acceptors (Lipinski definition) is 4. The average Bonchev–Trinajstić information content (AvgIpc) is 3.45. The zero-order valence-corrected chi connectivity index (χ0v) is 22.0. The number of likely N-dealkylation sites (N-methyl/N-ethyl adjacent to an activating group) is 1. The molecule has 5 rings (SSSR count). The van der Waals surface area contributed by atoms with Gasteiger partial charge in [-0.15, -0.1) is 0 Å². The fourth-order valence-electron chi connectivity index (χ4n) is 6.08. The largest absolute Gasteiger partial charge is 0.343 e. The van der Waals surface area contributed by atoms with Crippen molar-refractivity contribution in [3.8, 4) is 11.1 Å². The first-order valence-electron chi connectivity index (χ1n) is 13.8. The maximum atomic E-state index is 14.1. The molecule has 2 amide bonds. The molecule has 3 atom stereocenters. The summed E-state index contributed by atoms with van der Waals surface area (Å²) in [6.45, 7) is 2.55. The van der Waals surface area contributed by atoms with E-state index in [1.54, 1.807) is 7.05 Å². The smallest absolute Gasteiger partial charge is 0.245 e. The number of fused-ring (bicyclic) bond motifs is 1. The van der Waals surface area contributed by atoms with Crippen LogP contribution in [-0.2, 0) is 9.59 Å². The minimum atomic E-state index is -0.474. The highest BCUT2D eigenvalue weighted by molar-refractivity contribution is 5.96. The molecule has 2 fully saturated rings. The molecule has 2 N–H and O–H groups in total. The van der Waals surface area contributed by atoms with Crippen molar-refractivity contribution in [2.24, 2.45) is 5.92 Å². The normalized spacial score (nSPS) is 20.1. The summed E-state index contributed by atoms with van der Waals surface area (Å²) < 4.78 is 0. The molecular formula is C31H38N4O2. The Labute approximate surface area is 219 Å². The van der Waals surface area contributed by atoms with E-state index in [9.17, 15) is 9.59 Å². The Bertz CT molecular complexity index is 1250. The van der Waals surface area contributed by atoms with Crippen molar-refractivity contribution >= 4 is 22.6 Å². The van der Waals surface area contributed by atoms with Gasteiger partial charge < -0.3 is 15.5 Å². The number of nitrogens with one attached hydrogen (secondary N) is 2. The minimum absolute atomic E-state index is 0.0281. The maximum Gasteiger partial charge on any atom is 0.245 e. The molecule has 1 saturated carbocycles. The highest BCUT2D eigenvalue weighted by Gasteiger charge is 2.39. The van der Waals surface area contributed by atoms with Crippen LogP contribution in [0.5, 0.6) is 0 Å². The molecule has 6 heteroatoms. The van der Waals surface area contributed by atoms with Gasteiger partial charge >= 0.3 is 0 Å². The minimum Gasteiger partial charge on any atom is -0.343 e. The van der Waals surface area contributed by atoms with Gasteiger partial charge in [0, 0.05) is 24.5 Å². The van der Waals surface area contributed by atoms with E-state index < -0.39 is 6.04 Å². The first kappa shape index (κ1) is 25.4. The van der Waals surface area contributed by atoms with Gasteiger partial charge in [0.2, 0.25) is 11.8 Å². The van der Waals surface area contributed by atoms with Crippen molar-refractivity contribution in [3.63, 3.8) is 0 Å². The molecule has 0 spiro atoms. The summed E-state index contributed by atoms with van der Waals surface area (Å²) in [6.07, 6.45) is 11.1. The van der Waals surface area contributed by atoms with E-state index in [0.29, 0.717) is 6.54 Å². The van der Waals surface area contributed by atoms with Gasteiger partial charge in [-0.05, 0) is 73.5 Å². The Morgan fingerprint density at radius 3 is 2.57 bits per heavy atom. The topological polar surface area (TPSA) is 74.3 Å². The molecule has 2 aliphatic rings. The summed E-state index contributed by atoms with van der Waals surface area (Å²) in [7, 11) is 1.77. The maximum absolute atomic E-state index is 14.1. The zero-order valence-electron chi connectivity index (χ0n) is 22.0. The highest BCUT2D eigenvalue weighted by Crippen LogP contribution is 2.37. The van der Waals surface area contributed by atoms with E-state index in [2.05, 4.69) is 64.1 Å². The summed E-state index contributed by atoms with van der Waals surface area (Å²) in [5.74, 6) is 0.138. The molecule has 2 aromatic carbocycles. The lowest BCUT2D eigenvalue weighted by Crippen LogP contribution is -2.55. The third-order valence-corrected chi connectivity index (χ3v) is 8.29. The fraction of sp³-hybridized carbons (Fsp3) is 0.452. The molecule has 194 valence electrons. The van der Waals surface area contributed by atoms with Crippen molar-refractivity contribution in [2.45, 2.75) is 70.0 Å². The van der Waals surface area contributed by atoms with Gasteiger partial charge in [0.25, 0.3) is 0 Å². The van der Waals surface area contributed by atoms with Crippen LogP contribution >= 0.6 is 0 Å². The van der Waals surface area contributed by atoms with Gasteiger partial charge in [0.05, 0.1) is 12.1 Å². The summed E-state index contributed by atoms with van der Waals surface area (Å²) in [4.78, 5) is 33.5. The van der Waals surface area contributed by atoms with Gasteiger partial charge in [0.15, 0.2) is 0 Å². The molecule has 2 unspecified atom stereocenters. The van der Waals surface area contributed by atoms with Gasteiger partial charge in [-0.25, -0.2) is 0 Å². The summed E-state index contributed by atoms with van der Waals surface area (Å²) in [5.41, 5.74) is 3.28. The average molecular weight is 499 g/mol. The quantitative estimate of drug-likeness (QED) is 0.467. The Kier molecular flexibility index (Phi) is 7.85. The van der Waals surface area contributed by atoms with Crippen LogP contribution < -0.4 is 10.6 Å². The number of nitrogens with zero attached hydrogens (tertiary/aromatic N) is 2. The molecule has 6 nitrogen and oxygen atoms in total. The van der Waals surface area contributed by atoms with E-state index >= 15 is 0 Å². The molecule has 1 saturated heterocycles. The number of carbonyl (C=O) groups is 2. The molecule has 3 aromatic rings. The Hall–Kier alpha value is -3.25. The van der Waals surface area contributed by atoms with E-state index in [1.165, 1.54) is 17.2 Å². The molecule has 1 aliphatic carbocycles. The van der Waals surface area contributed by atoms with Crippen LogP contribution in [-0.4, -0.2) is 47.4 Å². The fourth-order valence-corrected chi connectivity index (χ4v) is 6.08. The number of amides is 2. The summed E-state index contributed by atoms with van der Waals surface area (Å²) in [6, 6.07) is 16.1. The second kappa shape index (κ2) is 11.4. The lowest BCUT2D eigenvalue weighted by Gasteiger charge is -2.35. The van der Waals surface area contributed by atoms with Crippen LogP contribution in [0.3, 0.4) is 0 Å². The van der Waals surface area contributed by atoms with Crippen LogP contribution in [0.4, 0.5) is 0 Å². The number of likely N-dealkylation sites (tertiary alicyclic amines) is 1. The van der Waals surface area contributed by atoms with Gasteiger partial charge in [-0.3, -0.25) is 14.6 Å². The van der Waals surface area contributed by atoms with Crippen molar-refractivity contribution in [1.29, 1.82) is 0 Å². The second-order valence-corrected chi connectivity index (χ2v) is 10.6. The Morgan fingerprint density at radius 1 is 0.973 bits per heavy atom. The molecule has 1 aromatic heterocycles. The van der Waals surface area contributed by atoms with Crippen molar-refractivity contribution in [1.82, 2.24) is 20.5 Å². The number of pyridine rings is 1. The lowest BCUT2D eigenvalue weighted by molar-refractivity contribution is -0.139. The first-order valence-corrected chi connectivity index (χ1v) is 13.8. The number of benzene rings is 2. The number of carbonyl (C=O) groups excluding carboxylic acids is 2. The van der Waals surface area contributed by atoms with E-state index in [0.717, 1.165) is 55.2 Å². The third kappa shape index (κ3) is 5.40. The third-order valence-electron chi connectivity index (χ3n) is 8.29. The molecular weight excluding hydrogens is 460 g/mol. The van der Waals surface area contributed by atoms with E-state index in [-0.39, 0.29) is 29.8 Å². The zero-order chi connectivity index (χ0) is 25.8. The predicted octanol–water partition coefficient (Wildman–Crippen LogP) is 5.24. The summed E-state index contributed by atoms with van der Waals surface area (Å²) in [5, 5.41) is 8.54. The van der Waals surface area contributed by atoms with Crippen molar-refractivity contribution in [2.75, 3.05) is 13.6 Å². The van der Waals surface area contributed by atoms with Crippen LogP contribution in [0.1, 0.15) is 63.5 Å². The number of aromatic nitrogens is 1. The van der Waals surface area contributed by atoms with Gasteiger partial charge in [-0.2, -0.15) is 0 Å². The SMILES string of the molecule is CNC(C)C(=O)N[C@H](C(=O)N1CCCC1c1cncc(-c2cccc3ccccc23)c1)C1CCCCC1. The highest BCUT2D eigenvalue weighted by atomic mass is 16.2. The number of rotatable bonds is 7. The van der Waals surface area contributed by atoms with E-state index in [1.807, 2.05) is 24.2 Å². The Morgan fingerprint density at radius 2 is 1.76 bits per heavy atom. The monoisotopic (exact) mass is 498 g/mol. The second-order valence-electron chi connectivity index (χ2n) is 10.6. The molecule has 0 radical (unpaired) electrons. The molecule has 0 bridgehead atoms. The Balaban J connectivity index is 1.43. The predicted molar refractivity (Wildman–Crippen MR) is 148 cm³/mol. The van der Waals surface area contributed by atoms with Gasteiger partial charge in [-0.1, -0.05) is 61.7 Å². The first-order chi connectivity index (χ1) is 18.1. The van der Waals surface area contributed by atoms with Crippen molar-refractivity contribution < 1.29 is 9.59 Å². The van der Waals surface area contributed by atoms with Crippen LogP contribution in [0.25, 0.3) is 21.9 Å². The molecule has 37 heavy (non-hydrogen) atoms. The van der Waals surface area contributed by atoms with Crippen molar-refractivity contribution in [3.05, 3.63) is 66.5 Å². The van der Waals surface area contributed by atoms with E-state index in [4.69, 9.17) is 0 Å². The van der Waals surface area contributed by atoms with Crippen LogP contribution in [0, 0.1) is 5.92 Å². The van der Waals surface area contributed by atoms with Crippen LogP contribution in [0.15, 0.2) is 60.9 Å².